The Kier molecular flexibility index (Phi) is 4.63. The van der Waals surface area contributed by atoms with Crippen molar-refractivity contribution in [3.8, 4) is 0 Å². The first-order chi connectivity index (χ1) is 4.79. The zero-order chi connectivity index (χ0) is 7.98. The van der Waals surface area contributed by atoms with Gasteiger partial charge in [-0.3, -0.25) is 4.79 Å². The van der Waals surface area contributed by atoms with E-state index in [1.165, 1.54) is 0 Å². The summed E-state index contributed by atoms with van der Waals surface area (Å²) in [4.78, 5) is 12.2. The highest BCUT2D eigenvalue weighted by atomic mass is 16.1. The van der Waals surface area contributed by atoms with E-state index in [2.05, 4.69) is 0 Å². The monoisotopic (exact) mass is 140 g/mol. The van der Waals surface area contributed by atoms with Crippen molar-refractivity contribution in [2.75, 3.05) is 13.1 Å². The second kappa shape index (κ2) is 5.03. The standard InChI is InChI=1S/C8H14NO/c1-4-8(7-10)9(5-2)6-3/h4H,5-6H2,1-3H3. The summed E-state index contributed by atoms with van der Waals surface area (Å²) in [5, 5.41) is 0. The van der Waals surface area contributed by atoms with Crippen LogP contribution in [0.4, 0.5) is 0 Å². The Morgan fingerprint density at radius 1 is 1.50 bits per heavy atom. The first kappa shape index (κ1) is 9.21. The van der Waals surface area contributed by atoms with E-state index in [1.54, 1.807) is 6.08 Å². The molecule has 0 aliphatic rings. The van der Waals surface area contributed by atoms with Crippen molar-refractivity contribution in [3.63, 3.8) is 0 Å². The molecule has 0 rings (SSSR count). The van der Waals surface area contributed by atoms with Gasteiger partial charge in [-0.05, 0) is 20.8 Å². The van der Waals surface area contributed by atoms with Gasteiger partial charge < -0.3 is 4.90 Å². The third kappa shape index (κ3) is 2.21. The van der Waals surface area contributed by atoms with Gasteiger partial charge in [0.05, 0.1) is 5.70 Å². The van der Waals surface area contributed by atoms with Crippen molar-refractivity contribution < 1.29 is 4.79 Å². The second-order valence-electron chi connectivity index (χ2n) is 1.95. The van der Waals surface area contributed by atoms with Gasteiger partial charge in [0.25, 0.3) is 6.29 Å². The van der Waals surface area contributed by atoms with Crippen molar-refractivity contribution in [3.05, 3.63) is 11.8 Å². The summed E-state index contributed by atoms with van der Waals surface area (Å²) in [6.07, 6.45) is 3.67. The van der Waals surface area contributed by atoms with Crippen LogP contribution in [0, 0.1) is 0 Å². The molecule has 0 unspecified atom stereocenters. The van der Waals surface area contributed by atoms with E-state index in [0.29, 0.717) is 5.70 Å². The molecule has 0 saturated carbocycles. The van der Waals surface area contributed by atoms with Gasteiger partial charge in [0.2, 0.25) is 0 Å². The third-order valence-corrected chi connectivity index (χ3v) is 1.48. The lowest BCUT2D eigenvalue weighted by molar-refractivity contribution is 0.393. The minimum Gasteiger partial charge on any atom is -0.369 e. The van der Waals surface area contributed by atoms with Crippen LogP contribution in [0.25, 0.3) is 0 Å². The fourth-order valence-corrected chi connectivity index (χ4v) is 0.870. The molecule has 2 nitrogen and oxygen atoms in total. The lowest BCUT2D eigenvalue weighted by Gasteiger charge is -2.18. The molecule has 0 aromatic carbocycles. The number of allylic oxidation sites excluding steroid dienone is 2. The quantitative estimate of drug-likeness (QED) is 0.549. The number of hydrogen-bond acceptors (Lipinski definition) is 2. The maximum atomic E-state index is 10.3. The zero-order valence-electron chi connectivity index (χ0n) is 6.85. The lowest BCUT2D eigenvalue weighted by atomic mass is 10.3. The van der Waals surface area contributed by atoms with Crippen molar-refractivity contribution in [2.24, 2.45) is 0 Å². The SMILES string of the molecule is CC=C([C]=O)N(CC)CC. The highest BCUT2D eigenvalue weighted by Crippen LogP contribution is 1.98. The molecule has 0 saturated heterocycles. The molecular formula is C8H14NO. The van der Waals surface area contributed by atoms with Crippen molar-refractivity contribution in [1.82, 2.24) is 4.90 Å². The molecule has 0 aromatic heterocycles. The molecule has 0 bridgehead atoms. The smallest absolute Gasteiger partial charge is 0.250 e. The predicted octanol–water partition coefficient (Wildman–Crippen LogP) is 1.34. The average Bonchev–Trinajstić information content (AvgIpc) is 2.00. The maximum absolute atomic E-state index is 10.3. The Morgan fingerprint density at radius 3 is 2.10 bits per heavy atom. The predicted molar refractivity (Wildman–Crippen MR) is 42.4 cm³/mol. The molecule has 0 N–H and O–H groups in total. The first-order valence-corrected chi connectivity index (χ1v) is 3.59. The van der Waals surface area contributed by atoms with Crippen molar-refractivity contribution in [2.45, 2.75) is 20.8 Å². The molecule has 10 heavy (non-hydrogen) atoms. The van der Waals surface area contributed by atoms with Gasteiger partial charge in [0, 0.05) is 13.1 Å². The maximum Gasteiger partial charge on any atom is 0.250 e. The summed E-state index contributed by atoms with van der Waals surface area (Å²) < 4.78 is 0. The Balaban J connectivity index is 4.10. The largest absolute Gasteiger partial charge is 0.369 e. The molecule has 0 fully saturated rings. The normalized spacial score (nSPS) is 11.3. The van der Waals surface area contributed by atoms with Crippen LogP contribution in [0.15, 0.2) is 11.8 Å². The molecule has 0 aromatic rings. The number of carbonyl (C=O) groups excluding carboxylic acids is 1. The molecular weight excluding hydrogens is 126 g/mol. The molecule has 0 amide bonds. The van der Waals surface area contributed by atoms with E-state index in [4.69, 9.17) is 0 Å². The van der Waals surface area contributed by atoms with Gasteiger partial charge in [0.1, 0.15) is 0 Å². The Bertz CT molecular complexity index is 125. The molecule has 0 aliphatic heterocycles. The van der Waals surface area contributed by atoms with Crippen LogP contribution >= 0.6 is 0 Å². The van der Waals surface area contributed by atoms with Crippen LogP contribution in [0.2, 0.25) is 0 Å². The second-order valence-corrected chi connectivity index (χ2v) is 1.95. The van der Waals surface area contributed by atoms with E-state index in [-0.39, 0.29) is 0 Å². The van der Waals surface area contributed by atoms with E-state index in [9.17, 15) is 4.79 Å². The van der Waals surface area contributed by atoms with E-state index >= 15 is 0 Å². The lowest BCUT2D eigenvalue weighted by Crippen LogP contribution is -2.22. The highest BCUT2D eigenvalue weighted by Gasteiger charge is 2.01. The van der Waals surface area contributed by atoms with Gasteiger partial charge in [-0.2, -0.15) is 0 Å². The first-order valence-electron chi connectivity index (χ1n) is 3.59. The van der Waals surface area contributed by atoms with Crippen LogP contribution in [0.3, 0.4) is 0 Å². The minimum atomic E-state index is 0.657. The van der Waals surface area contributed by atoms with Gasteiger partial charge >= 0.3 is 0 Å². The molecule has 0 aliphatic carbocycles. The number of likely N-dealkylation sites (N-methyl/N-ethyl adjacent to an activating group) is 1. The van der Waals surface area contributed by atoms with E-state index in [1.807, 2.05) is 32.0 Å². The highest BCUT2D eigenvalue weighted by molar-refractivity contribution is 5.72. The van der Waals surface area contributed by atoms with Gasteiger partial charge in [-0.1, -0.05) is 6.08 Å². The van der Waals surface area contributed by atoms with Crippen molar-refractivity contribution >= 4 is 6.29 Å². The summed E-state index contributed by atoms with van der Waals surface area (Å²) in [7, 11) is 0. The van der Waals surface area contributed by atoms with Crippen molar-refractivity contribution in [1.29, 1.82) is 0 Å². The molecule has 0 heterocycles. The number of nitrogens with zero attached hydrogens (tertiary/aromatic N) is 1. The zero-order valence-corrected chi connectivity index (χ0v) is 6.85. The molecule has 1 radical (unpaired) electrons. The Hall–Kier alpha value is -0.790. The van der Waals surface area contributed by atoms with E-state index in [0.717, 1.165) is 13.1 Å². The minimum absolute atomic E-state index is 0.657. The Morgan fingerprint density at radius 2 is 2.00 bits per heavy atom. The van der Waals surface area contributed by atoms with Crippen LogP contribution < -0.4 is 0 Å². The van der Waals surface area contributed by atoms with Crippen LogP contribution in [-0.4, -0.2) is 24.3 Å². The fourth-order valence-electron chi connectivity index (χ4n) is 0.870. The van der Waals surface area contributed by atoms with Crippen LogP contribution in [0.1, 0.15) is 20.8 Å². The third-order valence-electron chi connectivity index (χ3n) is 1.48. The summed E-state index contributed by atoms with van der Waals surface area (Å²) >= 11 is 0. The number of rotatable bonds is 4. The Labute approximate surface area is 62.5 Å². The van der Waals surface area contributed by atoms with Crippen LogP contribution in [0.5, 0.6) is 0 Å². The summed E-state index contributed by atoms with van der Waals surface area (Å²) in [6, 6.07) is 0. The molecule has 57 valence electrons. The molecule has 2 heteroatoms. The fraction of sp³-hybridized carbons (Fsp3) is 0.625. The molecule has 0 spiro atoms. The summed E-state index contributed by atoms with van der Waals surface area (Å²) in [5.74, 6) is 0. The van der Waals surface area contributed by atoms with Gasteiger partial charge in [0.15, 0.2) is 0 Å². The average molecular weight is 140 g/mol. The van der Waals surface area contributed by atoms with Gasteiger partial charge in [-0.15, -0.1) is 0 Å². The summed E-state index contributed by atoms with van der Waals surface area (Å²) in [6.45, 7) is 7.62. The summed E-state index contributed by atoms with van der Waals surface area (Å²) in [5.41, 5.74) is 0.657. The topological polar surface area (TPSA) is 20.3 Å². The van der Waals surface area contributed by atoms with Crippen LogP contribution in [-0.2, 0) is 4.79 Å². The molecule has 0 atom stereocenters. The van der Waals surface area contributed by atoms with E-state index < -0.39 is 0 Å². The van der Waals surface area contributed by atoms with Gasteiger partial charge in [-0.25, -0.2) is 0 Å². The number of hydrogen-bond donors (Lipinski definition) is 0.